The molecule has 0 saturated carbocycles. The largest absolute Gasteiger partial charge is 0.376 e. The van der Waals surface area contributed by atoms with Crippen LogP contribution < -0.4 is 36.4 Å². The topological polar surface area (TPSA) is 9.72 Å². The Morgan fingerprint density at radius 3 is 1.14 bits per heavy atom. The Hall–Kier alpha value is -7.49. The minimum atomic E-state index is 0.0518. The summed E-state index contributed by atoms with van der Waals surface area (Å²) in [5.74, 6) is 0. The molecule has 0 radical (unpaired) electrons. The molecule has 0 bridgehead atoms. The van der Waals surface area contributed by atoms with Crippen molar-refractivity contribution in [1.82, 2.24) is 0 Å². The number of hydrogen-bond donors (Lipinski definition) is 0. The van der Waals surface area contributed by atoms with Crippen molar-refractivity contribution in [2.75, 3.05) is 14.5 Å². The summed E-state index contributed by atoms with van der Waals surface area (Å²) in [5.41, 5.74) is 23.9. The second kappa shape index (κ2) is 12.5. The molecular weight excluding hydrogens is 712 g/mol. The van der Waals surface area contributed by atoms with Crippen LogP contribution in [0.5, 0.6) is 0 Å². The highest BCUT2D eigenvalue weighted by molar-refractivity contribution is 6.93. The van der Waals surface area contributed by atoms with Crippen molar-refractivity contribution in [1.29, 1.82) is 0 Å². The van der Waals surface area contributed by atoms with E-state index in [0.29, 0.717) is 0 Å². The molecule has 0 fully saturated rings. The molecule has 0 unspecified atom stereocenters. The number of para-hydroxylation sites is 4. The van der Waals surface area contributed by atoms with Gasteiger partial charge < -0.3 is 14.5 Å². The molecule has 272 valence electrons. The highest BCUT2D eigenvalue weighted by Gasteiger charge is 2.44. The van der Waals surface area contributed by atoms with Gasteiger partial charge in [0, 0.05) is 62.1 Å². The van der Waals surface area contributed by atoms with Crippen LogP contribution in [0.4, 0.5) is 39.8 Å². The van der Waals surface area contributed by atoms with Gasteiger partial charge in [-0.2, -0.15) is 0 Å². The van der Waals surface area contributed by atoms with Crippen LogP contribution in [0.2, 0.25) is 0 Å². The molecule has 4 heterocycles. The van der Waals surface area contributed by atoms with Crippen molar-refractivity contribution in [3.05, 3.63) is 212 Å². The maximum Gasteiger partial charge on any atom is 0.329 e. The van der Waals surface area contributed by atoms with Crippen molar-refractivity contribution >= 4 is 75.4 Å². The predicted octanol–water partition coefficient (Wildman–Crippen LogP) is 11.0. The lowest BCUT2D eigenvalue weighted by Crippen LogP contribution is -2.59. The van der Waals surface area contributed by atoms with E-state index in [1.807, 2.05) is 0 Å². The van der Waals surface area contributed by atoms with Gasteiger partial charge in [0.25, 0.3) is 0 Å². The van der Waals surface area contributed by atoms with Crippen LogP contribution in [-0.4, -0.2) is 13.7 Å². The first kappa shape index (κ1) is 32.6. The number of hydrogen-bond acceptors (Lipinski definition) is 3. The monoisotopic (exact) mass is 747 g/mol. The molecule has 4 aliphatic heterocycles. The van der Waals surface area contributed by atoms with E-state index in [4.69, 9.17) is 0 Å². The van der Waals surface area contributed by atoms with Crippen molar-refractivity contribution < 1.29 is 0 Å². The van der Waals surface area contributed by atoms with E-state index in [2.05, 4.69) is 227 Å². The average Bonchev–Trinajstić information content (AvgIpc) is 3.31. The molecule has 3 nitrogen and oxygen atoms in total. The SMILES string of the molecule is c1ccc(N(c2ccc3c(c2)-c2ccccc2N2B3c3ccccc3-c3ccccc32)c2ccc3c(c2)-c2ccccc2B2c4ccccc4-c4ccccc4N23)cc1. The zero-order valence-electron chi connectivity index (χ0n) is 32.2. The smallest absolute Gasteiger partial charge is 0.329 e. The highest BCUT2D eigenvalue weighted by Crippen LogP contribution is 2.50. The lowest BCUT2D eigenvalue weighted by Gasteiger charge is -2.44. The fourth-order valence-corrected chi connectivity index (χ4v) is 10.7. The van der Waals surface area contributed by atoms with Gasteiger partial charge >= 0.3 is 13.7 Å². The summed E-state index contributed by atoms with van der Waals surface area (Å²) in [6.45, 7) is 0.133. The molecule has 5 heteroatoms. The third-order valence-electron chi connectivity index (χ3n) is 13.0. The summed E-state index contributed by atoms with van der Waals surface area (Å²) in [5, 5.41) is 0. The lowest BCUT2D eigenvalue weighted by atomic mass is 9.43. The second-order valence-corrected chi connectivity index (χ2v) is 16.0. The summed E-state index contributed by atoms with van der Waals surface area (Å²) < 4.78 is 0. The molecule has 59 heavy (non-hydrogen) atoms. The van der Waals surface area contributed by atoms with Gasteiger partial charge in [-0.3, -0.25) is 0 Å². The molecule has 0 saturated heterocycles. The van der Waals surface area contributed by atoms with Gasteiger partial charge in [0.1, 0.15) is 0 Å². The fraction of sp³-hybridized carbons (Fsp3) is 0. The molecule has 4 aliphatic rings. The van der Waals surface area contributed by atoms with Crippen molar-refractivity contribution in [3.63, 3.8) is 0 Å². The molecule has 0 N–H and O–H groups in total. The van der Waals surface area contributed by atoms with Crippen molar-refractivity contribution in [2.24, 2.45) is 0 Å². The van der Waals surface area contributed by atoms with Gasteiger partial charge in [-0.1, -0.05) is 152 Å². The first-order valence-electron chi connectivity index (χ1n) is 20.6. The minimum Gasteiger partial charge on any atom is -0.376 e. The summed E-state index contributed by atoms with van der Waals surface area (Å²) in [6, 6.07) is 78.8. The molecule has 0 amide bonds. The summed E-state index contributed by atoms with van der Waals surface area (Å²) in [6.07, 6.45) is 0. The van der Waals surface area contributed by atoms with E-state index < -0.39 is 0 Å². The Morgan fingerprint density at radius 2 is 0.610 bits per heavy atom. The molecular formula is C54H35B2N3. The maximum absolute atomic E-state index is 2.58. The van der Waals surface area contributed by atoms with Gasteiger partial charge in [0.2, 0.25) is 0 Å². The van der Waals surface area contributed by atoms with E-state index in [1.54, 1.807) is 0 Å². The maximum atomic E-state index is 2.58. The van der Waals surface area contributed by atoms with Crippen molar-refractivity contribution in [2.45, 2.75) is 0 Å². The van der Waals surface area contributed by atoms with Crippen LogP contribution in [0.1, 0.15) is 0 Å². The van der Waals surface area contributed by atoms with Crippen LogP contribution in [-0.2, 0) is 0 Å². The Bertz CT molecular complexity index is 2980. The summed E-state index contributed by atoms with van der Waals surface area (Å²) in [4.78, 5) is 7.58. The number of rotatable bonds is 3. The first-order chi connectivity index (χ1) is 29.3. The van der Waals surface area contributed by atoms with Gasteiger partial charge in [-0.05, 0) is 105 Å². The van der Waals surface area contributed by atoms with E-state index in [9.17, 15) is 0 Å². The van der Waals surface area contributed by atoms with E-state index in [0.717, 1.165) is 17.1 Å². The van der Waals surface area contributed by atoms with Crippen LogP contribution in [0.25, 0.3) is 44.5 Å². The Labute approximate surface area is 345 Å². The number of anilines is 7. The number of fused-ring (bicyclic) bond motifs is 22. The van der Waals surface area contributed by atoms with Gasteiger partial charge in [-0.25, -0.2) is 0 Å². The van der Waals surface area contributed by atoms with E-state index in [1.165, 1.54) is 89.1 Å². The molecule has 9 aromatic rings. The zero-order chi connectivity index (χ0) is 38.6. The molecule has 0 aromatic heterocycles. The zero-order valence-corrected chi connectivity index (χ0v) is 32.2. The molecule has 13 rings (SSSR count). The number of benzene rings is 9. The van der Waals surface area contributed by atoms with Gasteiger partial charge in [0.05, 0.1) is 0 Å². The standard InChI is InChI=1S/C54H35B2N3/c1-2-16-36(17-3-1)57(37-30-32-50-45(34-37)44-23-9-15-29-53(44)58-51-27-13-7-21-42(51)40-19-5-11-25-48(40)56(50)58)38-31-33-54-46(35-38)41-20-6-12-26-49(41)55-47-24-10-4-18-39(47)43-22-8-14-28-52(43)59(54)55/h1-35H. The first-order valence-corrected chi connectivity index (χ1v) is 20.6. The van der Waals surface area contributed by atoms with Gasteiger partial charge in [0.15, 0.2) is 0 Å². The van der Waals surface area contributed by atoms with Gasteiger partial charge in [-0.15, -0.1) is 0 Å². The normalized spacial score (nSPS) is 13.3. The van der Waals surface area contributed by atoms with Crippen LogP contribution in [0, 0.1) is 0 Å². The van der Waals surface area contributed by atoms with Crippen LogP contribution in [0.15, 0.2) is 212 Å². The average molecular weight is 748 g/mol. The quantitative estimate of drug-likeness (QED) is 0.167. The van der Waals surface area contributed by atoms with Crippen LogP contribution >= 0.6 is 0 Å². The minimum absolute atomic E-state index is 0.0518. The Kier molecular flexibility index (Phi) is 6.90. The van der Waals surface area contributed by atoms with Crippen LogP contribution in [0.3, 0.4) is 0 Å². The van der Waals surface area contributed by atoms with E-state index in [-0.39, 0.29) is 13.7 Å². The predicted molar refractivity (Wildman–Crippen MR) is 250 cm³/mol. The highest BCUT2D eigenvalue weighted by atomic mass is 15.2. The third kappa shape index (κ3) is 4.61. The number of nitrogens with zero attached hydrogens (tertiary/aromatic N) is 3. The Morgan fingerprint density at radius 1 is 0.254 bits per heavy atom. The molecule has 9 aromatic carbocycles. The Balaban J connectivity index is 1.01. The van der Waals surface area contributed by atoms with Crippen molar-refractivity contribution in [3.8, 4) is 44.5 Å². The molecule has 0 atom stereocenters. The molecule has 0 aliphatic carbocycles. The molecule has 0 spiro atoms. The second-order valence-electron chi connectivity index (χ2n) is 16.0. The lowest BCUT2D eigenvalue weighted by molar-refractivity contribution is 1.27. The van der Waals surface area contributed by atoms with E-state index >= 15 is 0 Å². The summed E-state index contributed by atoms with van der Waals surface area (Å²) in [7, 11) is 0. The summed E-state index contributed by atoms with van der Waals surface area (Å²) >= 11 is 0. The fourth-order valence-electron chi connectivity index (χ4n) is 10.7. The third-order valence-corrected chi connectivity index (χ3v) is 13.0.